The van der Waals surface area contributed by atoms with Crippen molar-refractivity contribution in [3.63, 3.8) is 0 Å². The number of carbonyl (C=O) groups excluding carboxylic acids is 2. The van der Waals surface area contributed by atoms with Crippen molar-refractivity contribution in [3.8, 4) is 28.4 Å². The molecule has 186 valence electrons. The average molecular weight is 535 g/mol. The van der Waals surface area contributed by atoms with Crippen molar-refractivity contribution < 1.29 is 23.2 Å². The molecule has 2 aromatic heterocycles. The number of aryl methyl sites for hydroxylation is 1. The summed E-state index contributed by atoms with van der Waals surface area (Å²) in [4.78, 5) is 25.2. The molecule has 0 aliphatic carbocycles. The number of hydrazine groups is 1. The predicted molar refractivity (Wildman–Crippen MR) is 126 cm³/mol. The second-order valence-corrected chi connectivity index (χ2v) is 8.06. The van der Waals surface area contributed by atoms with E-state index >= 15 is 0 Å². The highest BCUT2D eigenvalue weighted by Crippen LogP contribution is 2.38. The first kappa shape index (κ1) is 24.9. The second kappa shape index (κ2) is 10.6. The molecule has 0 aliphatic heterocycles. The van der Waals surface area contributed by atoms with E-state index in [2.05, 4.69) is 36.7 Å². The van der Waals surface area contributed by atoms with Crippen LogP contribution in [0.3, 0.4) is 0 Å². The number of aromatic nitrogens is 5. The number of ether oxygens (including phenoxy) is 1. The number of carbonyl (C=O) groups is 2. The van der Waals surface area contributed by atoms with Gasteiger partial charge in [-0.05, 0) is 39.7 Å². The van der Waals surface area contributed by atoms with Crippen LogP contribution >= 0.6 is 23.2 Å². The number of nitrogens with zero attached hydrogens (tertiary/aromatic N) is 5. The topological polar surface area (TPSA) is 149 Å². The van der Waals surface area contributed by atoms with Crippen molar-refractivity contribution in [2.75, 3.05) is 7.11 Å². The molecule has 12 nitrogen and oxygen atoms in total. The van der Waals surface area contributed by atoms with Crippen LogP contribution in [0, 0.1) is 5.82 Å². The van der Waals surface area contributed by atoms with Crippen molar-refractivity contribution in [1.82, 2.24) is 41.5 Å². The lowest BCUT2D eigenvalue weighted by Gasteiger charge is -2.12. The van der Waals surface area contributed by atoms with Gasteiger partial charge in [-0.1, -0.05) is 35.3 Å². The Balaban J connectivity index is 1.44. The average Bonchev–Trinajstić information content (AvgIpc) is 3.50. The number of halogens is 3. The third kappa shape index (κ3) is 5.53. The Morgan fingerprint density at radius 2 is 1.97 bits per heavy atom. The van der Waals surface area contributed by atoms with E-state index in [-0.39, 0.29) is 34.6 Å². The third-order valence-corrected chi connectivity index (χ3v) is 5.32. The normalized spacial score (nSPS) is 10.7. The molecule has 0 spiro atoms. The summed E-state index contributed by atoms with van der Waals surface area (Å²) in [5, 5.41) is 18.5. The fourth-order valence-electron chi connectivity index (χ4n) is 3.13. The Kier molecular flexibility index (Phi) is 7.31. The van der Waals surface area contributed by atoms with Gasteiger partial charge in [0.15, 0.2) is 0 Å². The highest BCUT2D eigenvalue weighted by molar-refractivity contribution is 6.37. The first-order valence-corrected chi connectivity index (χ1v) is 10.9. The number of methoxy groups -OCH3 is 1. The smallest absolute Gasteiger partial charge is 0.333 e. The summed E-state index contributed by atoms with van der Waals surface area (Å²) in [7, 11) is 2.96. The Morgan fingerprint density at radius 1 is 1.17 bits per heavy atom. The molecule has 0 bridgehead atoms. The number of benzene rings is 2. The van der Waals surface area contributed by atoms with Crippen molar-refractivity contribution in [3.05, 3.63) is 63.6 Å². The van der Waals surface area contributed by atoms with Crippen molar-refractivity contribution >= 4 is 35.1 Å². The molecule has 15 heteroatoms. The largest absolute Gasteiger partial charge is 0.479 e. The summed E-state index contributed by atoms with van der Waals surface area (Å²) in [6.07, 6.45) is 0. The quantitative estimate of drug-likeness (QED) is 0.319. The first-order chi connectivity index (χ1) is 17.2. The Labute approximate surface area is 212 Å². The lowest BCUT2D eigenvalue weighted by Crippen LogP contribution is -2.46. The second-order valence-electron chi connectivity index (χ2n) is 7.21. The van der Waals surface area contributed by atoms with Gasteiger partial charge in [-0.15, -0.1) is 10.2 Å². The summed E-state index contributed by atoms with van der Waals surface area (Å²) in [5.74, 6) is -1.18. The van der Waals surface area contributed by atoms with E-state index in [9.17, 15) is 14.0 Å². The predicted octanol–water partition coefficient (Wildman–Crippen LogP) is 3.13. The fourth-order valence-corrected chi connectivity index (χ4v) is 3.71. The molecule has 3 N–H and O–H groups in total. The van der Waals surface area contributed by atoms with Crippen LogP contribution in [0.15, 0.2) is 40.9 Å². The maximum Gasteiger partial charge on any atom is 0.333 e. The fraction of sp³-hybridized carbons (Fsp3) is 0.143. The number of nitrogens with one attached hydrogen (secondary N) is 3. The van der Waals surface area contributed by atoms with Gasteiger partial charge in [0.2, 0.25) is 11.6 Å². The minimum absolute atomic E-state index is 0.101. The van der Waals surface area contributed by atoms with Crippen molar-refractivity contribution in [1.29, 1.82) is 0 Å². The summed E-state index contributed by atoms with van der Waals surface area (Å²) >= 11 is 12.6. The maximum atomic E-state index is 14.9. The molecule has 0 saturated heterocycles. The van der Waals surface area contributed by atoms with E-state index in [1.165, 1.54) is 36.2 Å². The molecule has 0 unspecified atom stereocenters. The number of rotatable bonds is 6. The lowest BCUT2D eigenvalue weighted by atomic mass is 9.97. The monoisotopic (exact) mass is 534 g/mol. The van der Waals surface area contributed by atoms with Gasteiger partial charge >= 0.3 is 11.9 Å². The van der Waals surface area contributed by atoms with Crippen LogP contribution in [0.5, 0.6) is 5.88 Å². The molecule has 0 saturated carbocycles. The van der Waals surface area contributed by atoms with Crippen molar-refractivity contribution in [2.24, 2.45) is 7.05 Å². The lowest BCUT2D eigenvalue weighted by molar-refractivity contribution is 0.0899. The van der Waals surface area contributed by atoms with Gasteiger partial charge in [-0.2, -0.15) is 4.80 Å². The van der Waals surface area contributed by atoms with Crippen LogP contribution in [0.2, 0.25) is 10.0 Å². The zero-order valence-corrected chi connectivity index (χ0v) is 20.2. The Hall–Kier alpha value is -4.23. The molecular weight excluding hydrogens is 518 g/mol. The molecule has 0 atom stereocenters. The number of hydrogen-bond acceptors (Lipinski definition) is 8. The van der Waals surface area contributed by atoms with Gasteiger partial charge in [-0.25, -0.2) is 14.6 Å². The molecule has 0 aliphatic rings. The van der Waals surface area contributed by atoms with Crippen LogP contribution in [-0.4, -0.2) is 44.4 Å². The summed E-state index contributed by atoms with van der Waals surface area (Å²) in [6.45, 7) is -0.168. The van der Waals surface area contributed by atoms with E-state index in [4.69, 9.17) is 32.5 Å². The van der Waals surface area contributed by atoms with Gasteiger partial charge in [0, 0.05) is 22.7 Å². The SMILES string of the molecule is COc1cc(C(=O)NNC(=O)NCc2ccc(-c3cc(Cl)cc(Cl)c3-c3nnn(C)n3)cc2F)on1. The van der Waals surface area contributed by atoms with E-state index < -0.39 is 17.8 Å². The zero-order chi connectivity index (χ0) is 25.8. The van der Waals surface area contributed by atoms with Crippen LogP contribution in [-0.2, 0) is 13.6 Å². The molecule has 0 radical (unpaired) electrons. The molecular formula is C21H17Cl2FN8O4. The summed E-state index contributed by atoms with van der Waals surface area (Å²) in [6, 6.07) is 8.01. The van der Waals surface area contributed by atoms with Gasteiger partial charge in [0.05, 0.1) is 25.2 Å². The molecule has 4 aromatic rings. The van der Waals surface area contributed by atoms with E-state index in [1.54, 1.807) is 19.2 Å². The zero-order valence-electron chi connectivity index (χ0n) is 18.7. The number of urea groups is 1. The van der Waals surface area contributed by atoms with E-state index in [1.807, 2.05) is 0 Å². The van der Waals surface area contributed by atoms with Crippen LogP contribution in [0.4, 0.5) is 9.18 Å². The molecule has 2 aromatic carbocycles. The highest BCUT2D eigenvalue weighted by atomic mass is 35.5. The first-order valence-electron chi connectivity index (χ1n) is 10.1. The minimum atomic E-state index is -0.782. The van der Waals surface area contributed by atoms with Gasteiger partial charge in [0.25, 0.3) is 5.88 Å². The van der Waals surface area contributed by atoms with Gasteiger partial charge in [-0.3, -0.25) is 10.2 Å². The van der Waals surface area contributed by atoms with Gasteiger partial charge in [0.1, 0.15) is 5.82 Å². The molecule has 4 rings (SSSR count). The summed E-state index contributed by atoms with van der Waals surface area (Å²) in [5.41, 5.74) is 5.84. The van der Waals surface area contributed by atoms with E-state index in [0.29, 0.717) is 21.7 Å². The molecule has 0 fully saturated rings. The molecule has 36 heavy (non-hydrogen) atoms. The highest BCUT2D eigenvalue weighted by Gasteiger charge is 2.19. The summed E-state index contributed by atoms with van der Waals surface area (Å²) < 4.78 is 24.5. The molecule has 3 amide bonds. The Morgan fingerprint density at radius 3 is 2.64 bits per heavy atom. The standard InChI is InChI=1S/C21H17Cl2FN8O4/c1-32-29-19(26-31-32)18-13(6-12(22)7-14(18)23)10-3-4-11(15(24)5-10)9-25-21(34)28-27-20(33)16-8-17(35-2)30-36-16/h3-8H,9H2,1-2H3,(H,27,33)(H2,25,28,34). The molecule has 2 heterocycles. The third-order valence-electron chi connectivity index (χ3n) is 4.80. The van der Waals surface area contributed by atoms with Crippen LogP contribution in [0.1, 0.15) is 16.1 Å². The van der Waals surface area contributed by atoms with Crippen molar-refractivity contribution in [2.45, 2.75) is 6.54 Å². The number of amides is 3. The number of tetrazole rings is 1. The van der Waals surface area contributed by atoms with Crippen LogP contribution in [0.25, 0.3) is 22.5 Å². The van der Waals surface area contributed by atoms with Gasteiger partial charge < -0.3 is 14.6 Å². The van der Waals surface area contributed by atoms with E-state index in [0.717, 1.165) is 0 Å². The Bertz CT molecular complexity index is 1440. The minimum Gasteiger partial charge on any atom is -0.479 e. The van der Waals surface area contributed by atoms with Crippen LogP contribution < -0.4 is 20.9 Å². The number of hydrogen-bond donors (Lipinski definition) is 3. The maximum absolute atomic E-state index is 14.9.